The third kappa shape index (κ3) is 3.23. The third-order valence-electron chi connectivity index (χ3n) is 3.05. The third-order valence-corrected chi connectivity index (χ3v) is 3.30. The smallest absolute Gasteiger partial charge is 0.137 e. The van der Waals surface area contributed by atoms with Gasteiger partial charge in [-0.1, -0.05) is 37.6 Å². The van der Waals surface area contributed by atoms with Crippen molar-refractivity contribution < 1.29 is 9.84 Å². The van der Waals surface area contributed by atoms with Gasteiger partial charge in [0.1, 0.15) is 6.23 Å². The normalized spacial score (nSPS) is 24.9. The van der Waals surface area contributed by atoms with Gasteiger partial charge in [0, 0.05) is 18.1 Å². The summed E-state index contributed by atoms with van der Waals surface area (Å²) in [6.07, 6.45) is -0.161. The lowest BCUT2D eigenvalue weighted by atomic mass is 10.1. The fourth-order valence-corrected chi connectivity index (χ4v) is 2.45. The highest BCUT2D eigenvalue weighted by atomic mass is 35.5. The molecule has 2 rings (SSSR count). The van der Waals surface area contributed by atoms with Gasteiger partial charge in [0.05, 0.1) is 12.7 Å². The lowest BCUT2D eigenvalue weighted by Crippen LogP contribution is -2.29. The molecule has 4 heteroatoms. The summed E-state index contributed by atoms with van der Waals surface area (Å²) < 4.78 is 5.88. The Balaban J connectivity index is 2.15. The van der Waals surface area contributed by atoms with Crippen LogP contribution in [-0.2, 0) is 4.74 Å². The number of benzene rings is 1. The van der Waals surface area contributed by atoms with Crippen LogP contribution in [0.4, 0.5) is 0 Å². The molecular weight excluding hydrogens is 250 g/mol. The molecule has 100 valence electrons. The van der Waals surface area contributed by atoms with Gasteiger partial charge >= 0.3 is 0 Å². The minimum absolute atomic E-state index is 0.0678. The summed E-state index contributed by atoms with van der Waals surface area (Å²) in [6.45, 7) is 6.18. The maximum absolute atomic E-state index is 9.25. The summed E-state index contributed by atoms with van der Waals surface area (Å²) >= 11 is 5.90. The molecule has 0 bridgehead atoms. The Labute approximate surface area is 113 Å². The Bertz CT molecular complexity index is 380. The fourth-order valence-electron chi connectivity index (χ4n) is 2.33. The number of hydrogen-bond acceptors (Lipinski definition) is 3. The van der Waals surface area contributed by atoms with Crippen molar-refractivity contribution in [2.24, 2.45) is 5.92 Å². The first-order valence-electron chi connectivity index (χ1n) is 6.36. The second-order valence-electron chi connectivity index (χ2n) is 5.19. The van der Waals surface area contributed by atoms with Gasteiger partial charge in [-0.05, 0) is 23.6 Å². The molecule has 1 heterocycles. The van der Waals surface area contributed by atoms with E-state index in [1.165, 1.54) is 0 Å². The van der Waals surface area contributed by atoms with E-state index in [4.69, 9.17) is 16.3 Å². The average Bonchev–Trinajstić information content (AvgIpc) is 2.72. The van der Waals surface area contributed by atoms with Crippen LogP contribution >= 0.6 is 11.6 Å². The van der Waals surface area contributed by atoms with E-state index in [-0.39, 0.29) is 18.9 Å². The van der Waals surface area contributed by atoms with Crippen molar-refractivity contribution in [3.05, 3.63) is 34.9 Å². The summed E-state index contributed by atoms with van der Waals surface area (Å²) in [7, 11) is 0. The number of ether oxygens (including phenoxy) is 1. The van der Waals surface area contributed by atoms with E-state index < -0.39 is 0 Å². The molecule has 1 saturated heterocycles. The van der Waals surface area contributed by atoms with E-state index in [1.807, 2.05) is 24.3 Å². The molecule has 0 saturated carbocycles. The van der Waals surface area contributed by atoms with Gasteiger partial charge in [-0.3, -0.25) is 4.90 Å². The highest BCUT2D eigenvalue weighted by Crippen LogP contribution is 2.31. The lowest BCUT2D eigenvalue weighted by Gasteiger charge is -2.24. The highest BCUT2D eigenvalue weighted by Gasteiger charge is 2.33. The highest BCUT2D eigenvalue weighted by molar-refractivity contribution is 6.30. The Morgan fingerprint density at radius 1 is 1.39 bits per heavy atom. The monoisotopic (exact) mass is 269 g/mol. The van der Waals surface area contributed by atoms with Crippen molar-refractivity contribution in [2.75, 3.05) is 19.7 Å². The molecule has 2 atom stereocenters. The standard InChI is InChI=1S/C14H20ClNO2/c1-10(2)7-16-8-13(9-17)18-14(16)11-3-5-12(15)6-4-11/h3-6,10,13-14,17H,7-9H2,1-2H3. The van der Waals surface area contributed by atoms with Crippen LogP contribution in [0, 0.1) is 5.92 Å². The molecule has 0 spiro atoms. The summed E-state index contributed by atoms with van der Waals surface area (Å²) in [6, 6.07) is 7.72. The van der Waals surface area contributed by atoms with Crippen LogP contribution in [0.25, 0.3) is 0 Å². The molecule has 1 fully saturated rings. The molecule has 2 unspecified atom stereocenters. The number of aliphatic hydroxyl groups is 1. The van der Waals surface area contributed by atoms with Crippen molar-refractivity contribution in [3.63, 3.8) is 0 Å². The van der Waals surface area contributed by atoms with E-state index in [9.17, 15) is 5.11 Å². The lowest BCUT2D eigenvalue weighted by molar-refractivity contribution is -0.0218. The molecule has 1 aromatic carbocycles. The molecule has 1 aliphatic rings. The number of rotatable bonds is 4. The van der Waals surface area contributed by atoms with Crippen molar-refractivity contribution in [3.8, 4) is 0 Å². The van der Waals surface area contributed by atoms with Crippen LogP contribution < -0.4 is 0 Å². The Kier molecular flexibility index (Phi) is 4.62. The van der Waals surface area contributed by atoms with E-state index >= 15 is 0 Å². The number of aliphatic hydroxyl groups excluding tert-OH is 1. The minimum atomic E-state index is -0.0931. The zero-order valence-corrected chi connectivity index (χ0v) is 11.6. The summed E-state index contributed by atoms with van der Waals surface area (Å²) in [5.74, 6) is 0.570. The summed E-state index contributed by atoms with van der Waals surface area (Å²) in [5, 5.41) is 9.98. The van der Waals surface area contributed by atoms with Gasteiger partial charge in [0.2, 0.25) is 0 Å². The largest absolute Gasteiger partial charge is 0.394 e. The average molecular weight is 270 g/mol. The first-order valence-corrected chi connectivity index (χ1v) is 6.73. The topological polar surface area (TPSA) is 32.7 Å². The number of halogens is 1. The van der Waals surface area contributed by atoms with Gasteiger partial charge in [-0.2, -0.15) is 0 Å². The fraction of sp³-hybridized carbons (Fsp3) is 0.571. The van der Waals surface area contributed by atoms with E-state index in [0.29, 0.717) is 5.92 Å². The van der Waals surface area contributed by atoms with Crippen LogP contribution in [0.1, 0.15) is 25.6 Å². The van der Waals surface area contributed by atoms with Crippen LogP contribution in [0.15, 0.2) is 24.3 Å². The van der Waals surface area contributed by atoms with Crippen LogP contribution in [-0.4, -0.2) is 35.8 Å². The van der Waals surface area contributed by atoms with Gasteiger partial charge in [0.15, 0.2) is 0 Å². The quantitative estimate of drug-likeness (QED) is 0.912. The van der Waals surface area contributed by atoms with Crippen LogP contribution in [0.5, 0.6) is 0 Å². The van der Waals surface area contributed by atoms with Gasteiger partial charge in [-0.25, -0.2) is 0 Å². The number of hydrogen-bond donors (Lipinski definition) is 1. The first-order chi connectivity index (χ1) is 8.60. The molecular formula is C14H20ClNO2. The molecule has 1 aromatic rings. The van der Waals surface area contributed by atoms with E-state index in [2.05, 4.69) is 18.7 Å². The molecule has 1 N–H and O–H groups in total. The van der Waals surface area contributed by atoms with E-state index in [1.54, 1.807) is 0 Å². The molecule has 1 aliphatic heterocycles. The van der Waals surface area contributed by atoms with Crippen LogP contribution in [0.3, 0.4) is 0 Å². The molecule has 0 amide bonds. The maximum atomic E-state index is 9.25. The molecule has 3 nitrogen and oxygen atoms in total. The predicted octanol–water partition coefficient (Wildman–Crippen LogP) is 2.69. The molecule has 0 aliphatic carbocycles. The van der Waals surface area contributed by atoms with E-state index in [0.717, 1.165) is 23.7 Å². The zero-order valence-electron chi connectivity index (χ0n) is 10.8. The second-order valence-corrected chi connectivity index (χ2v) is 5.63. The Morgan fingerprint density at radius 3 is 2.61 bits per heavy atom. The van der Waals surface area contributed by atoms with Crippen molar-refractivity contribution >= 4 is 11.6 Å². The van der Waals surface area contributed by atoms with Crippen molar-refractivity contribution in [2.45, 2.75) is 26.2 Å². The minimum Gasteiger partial charge on any atom is -0.394 e. The van der Waals surface area contributed by atoms with Crippen molar-refractivity contribution in [1.82, 2.24) is 4.90 Å². The van der Waals surface area contributed by atoms with Gasteiger partial charge in [0.25, 0.3) is 0 Å². The van der Waals surface area contributed by atoms with Gasteiger partial charge < -0.3 is 9.84 Å². The Hall–Kier alpha value is -0.610. The molecule has 0 aromatic heterocycles. The maximum Gasteiger partial charge on any atom is 0.137 e. The number of nitrogens with zero attached hydrogens (tertiary/aromatic N) is 1. The predicted molar refractivity (Wildman–Crippen MR) is 72.6 cm³/mol. The summed E-state index contributed by atoms with van der Waals surface area (Å²) in [5.41, 5.74) is 1.09. The second kappa shape index (κ2) is 6.02. The van der Waals surface area contributed by atoms with Crippen molar-refractivity contribution in [1.29, 1.82) is 0 Å². The SMILES string of the molecule is CC(C)CN1CC(CO)OC1c1ccc(Cl)cc1. The Morgan fingerprint density at radius 2 is 2.06 bits per heavy atom. The first kappa shape index (κ1) is 13.8. The van der Waals surface area contributed by atoms with Gasteiger partial charge in [-0.15, -0.1) is 0 Å². The van der Waals surface area contributed by atoms with Crippen LogP contribution in [0.2, 0.25) is 5.02 Å². The molecule has 0 radical (unpaired) electrons. The molecule has 18 heavy (non-hydrogen) atoms. The summed E-state index contributed by atoms with van der Waals surface area (Å²) in [4.78, 5) is 2.27. The zero-order chi connectivity index (χ0) is 13.1.